The fourth-order valence-electron chi connectivity index (χ4n) is 3.04. The van der Waals surface area contributed by atoms with E-state index in [9.17, 15) is 4.79 Å². The smallest absolute Gasteiger partial charge is 0.242 e. The van der Waals surface area contributed by atoms with Crippen LogP contribution < -0.4 is 10.6 Å². The summed E-state index contributed by atoms with van der Waals surface area (Å²) in [5, 5.41) is 14.5. The minimum atomic E-state index is -0.210. The molecule has 7 heteroatoms. The van der Waals surface area contributed by atoms with Crippen molar-refractivity contribution in [2.75, 3.05) is 31.6 Å². The van der Waals surface area contributed by atoms with E-state index in [1.54, 1.807) is 6.20 Å². The summed E-state index contributed by atoms with van der Waals surface area (Å²) in [6, 6.07) is 3.91. The predicted octanol–water partition coefficient (Wildman–Crippen LogP) is 0.256. The Labute approximate surface area is 130 Å². The number of hydrogen-bond donors (Lipinski definition) is 2. The first-order valence-electron chi connectivity index (χ1n) is 7.92. The van der Waals surface area contributed by atoms with E-state index in [-0.39, 0.29) is 18.1 Å². The van der Waals surface area contributed by atoms with Gasteiger partial charge in [0.1, 0.15) is 11.9 Å². The maximum absolute atomic E-state index is 12.6. The van der Waals surface area contributed by atoms with Gasteiger partial charge in [0, 0.05) is 31.9 Å². The quantitative estimate of drug-likeness (QED) is 0.834. The highest BCUT2D eigenvalue weighted by Gasteiger charge is 2.33. The van der Waals surface area contributed by atoms with Gasteiger partial charge in [0.2, 0.25) is 5.91 Å². The highest BCUT2D eigenvalue weighted by Crippen LogP contribution is 2.17. The molecular formula is C15H23N5O2. The van der Waals surface area contributed by atoms with Gasteiger partial charge in [0.15, 0.2) is 0 Å². The highest BCUT2D eigenvalue weighted by molar-refractivity contribution is 5.82. The molecule has 120 valence electrons. The SMILES string of the molecule is C[C@H]1OCCN[C@@H]1C(=O)N1CCC(Nc2cccnn2)CC1. The standard InChI is InChI=1S/C15H23N5O2/c1-11-14(16-7-10-22-11)15(21)20-8-4-12(5-9-20)18-13-3-2-6-17-19-13/h2-3,6,11-12,14,16H,4-5,7-10H2,1H3,(H,18,19)/t11-,14+/m1/s1. The Balaban J connectivity index is 1.50. The van der Waals surface area contributed by atoms with Crippen LogP contribution in [0.1, 0.15) is 19.8 Å². The molecule has 7 nitrogen and oxygen atoms in total. The number of carbonyl (C=O) groups excluding carboxylic acids is 1. The van der Waals surface area contributed by atoms with Crippen LogP contribution in [0.15, 0.2) is 18.3 Å². The van der Waals surface area contributed by atoms with Crippen molar-refractivity contribution >= 4 is 11.7 Å². The number of amides is 1. The van der Waals surface area contributed by atoms with Crippen LogP contribution >= 0.6 is 0 Å². The van der Waals surface area contributed by atoms with Gasteiger partial charge in [0.05, 0.1) is 12.7 Å². The molecule has 2 N–H and O–H groups in total. The minimum Gasteiger partial charge on any atom is -0.375 e. The summed E-state index contributed by atoms with van der Waals surface area (Å²) >= 11 is 0. The Kier molecular flexibility index (Phi) is 4.84. The maximum atomic E-state index is 12.6. The average Bonchev–Trinajstić information content (AvgIpc) is 2.56. The third-order valence-corrected chi connectivity index (χ3v) is 4.31. The van der Waals surface area contributed by atoms with Crippen molar-refractivity contribution in [3.63, 3.8) is 0 Å². The van der Waals surface area contributed by atoms with Gasteiger partial charge in [-0.05, 0) is 31.9 Å². The number of nitrogens with zero attached hydrogens (tertiary/aromatic N) is 3. The van der Waals surface area contributed by atoms with Crippen LogP contribution in [0.5, 0.6) is 0 Å². The fourth-order valence-corrected chi connectivity index (χ4v) is 3.04. The second-order valence-electron chi connectivity index (χ2n) is 5.86. The Hall–Kier alpha value is -1.73. The lowest BCUT2D eigenvalue weighted by Gasteiger charge is -2.37. The summed E-state index contributed by atoms with van der Waals surface area (Å²) in [5.74, 6) is 0.952. The third-order valence-electron chi connectivity index (χ3n) is 4.31. The summed E-state index contributed by atoms with van der Waals surface area (Å²) in [5.41, 5.74) is 0. The summed E-state index contributed by atoms with van der Waals surface area (Å²) < 4.78 is 5.56. The summed E-state index contributed by atoms with van der Waals surface area (Å²) in [7, 11) is 0. The van der Waals surface area contributed by atoms with Gasteiger partial charge in [-0.15, -0.1) is 5.10 Å². The molecule has 0 bridgehead atoms. The summed E-state index contributed by atoms with van der Waals surface area (Å²) in [4.78, 5) is 14.5. The van der Waals surface area contributed by atoms with Crippen LogP contribution in [-0.4, -0.2) is 65.4 Å². The third kappa shape index (κ3) is 3.53. The first kappa shape index (κ1) is 15.2. The van der Waals surface area contributed by atoms with Crippen LogP contribution in [0.25, 0.3) is 0 Å². The van der Waals surface area contributed by atoms with E-state index in [2.05, 4.69) is 20.8 Å². The van der Waals surface area contributed by atoms with Crippen molar-refractivity contribution in [2.45, 2.75) is 38.0 Å². The van der Waals surface area contributed by atoms with Gasteiger partial charge in [0.25, 0.3) is 0 Å². The molecule has 0 spiro atoms. The number of carbonyl (C=O) groups is 1. The molecule has 0 radical (unpaired) electrons. The number of ether oxygens (including phenoxy) is 1. The van der Waals surface area contributed by atoms with E-state index in [1.165, 1.54) is 0 Å². The molecule has 2 saturated heterocycles. The summed E-state index contributed by atoms with van der Waals surface area (Å²) in [6.45, 7) is 4.90. The van der Waals surface area contributed by atoms with E-state index in [4.69, 9.17) is 4.74 Å². The van der Waals surface area contributed by atoms with Crippen LogP contribution in [0.3, 0.4) is 0 Å². The lowest BCUT2D eigenvalue weighted by atomic mass is 10.0. The number of likely N-dealkylation sites (tertiary alicyclic amines) is 1. The fraction of sp³-hybridized carbons (Fsp3) is 0.667. The molecule has 2 aliphatic rings. The predicted molar refractivity (Wildman–Crippen MR) is 82.5 cm³/mol. The molecule has 3 rings (SSSR count). The monoisotopic (exact) mass is 305 g/mol. The van der Waals surface area contributed by atoms with Crippen molar-refractivity contribution in [1.82, 2.24) is 20.4 Å². The number of hydrogen-bond acceptors (Lipinski definition) is 6. The van der Waals surface area contributed by atoms with Crippen LogP contribution in [0, 0.1) is 0 Å². The van der Waals surface area contributed by atoms with Crippen molar-refractivity contribution < 1.29 is 9.53 Å². The normalized spacial score (nSPS) is 26.7. The van der Waals surface area contributed by atoms with E-state index in [0.29, 0.717) is 12.6 Å². The van der Waals surface area contributed by atoms with Crippen LogP contribution in [-0.2, 0) is 9.53 Å². The number of piperidine rings is 1. The zero-order valence-corrected chi connectivity index (χ0v) is 12.9. The van der Waals surface area contributed by atoms with Gasteiger partial charge in [-0.25, -0.2) is 0 Å². The number of anilines is 1. The topological polar surface area (TPSA) is 79.4 Å². The molecule has 2 fully saturated rings. The molecule has 3 heterocycles. The lowest BCUT2D eigenvalue weighted by Crippen LogP contribution is -2.58. The minimum absolute atomic E-state index is 0.0586. The average molecular weight is 305 g/mol. The van der Waals surface area contributed by atoms with E-state index < -0.39 is 0 Å². The Morgan fingerprint density at radius 3 is 2.95 bits per heavy atom. The Morgan fingerprint density at radius 2 is 2.27 bits per heavy atom. The second kappa shape index (κ2) is 7.02. The highest BCUT2D eigenvalue weighted by atomic mass is 16.5. The first-order valence-corrected chi connectivity index (χ1v) is 7.92. The Bertz CT molecular complexity index is 490. The summed E-state index contributed by atoms with van der Waals surface area (Å²) in [6.07, 6.45) is 3.44. The van der Waals surface area contributed by atoms with Gasteiger partial charge in [-0.3, -0.25) is 4.79 Å². The van der Waals surface area contributed by atoms with Crippen molar-refractivity contribution in [3.05, 3.63) is 18.3 Å². The van der Waals surface area contributed by atoms with Gasteiger partial charge in [-0.2, -0.15) is 5.10 Å². The van der Waals surface area contributed by atoms with Crippen LogP contribution in [0.2, 0.25) is 0 Å². The lowest BCUT2D eigenvalue weighted by molar-refractivity contribution is -0.140. The van der Waals surface area contributed by atoms with E-state index in [1.807, 2.05) is 24.0 Å². The number of nitrogens with one attached hydrogen (secondary N) is 2. The van der Waals surface area contributed by atoms with E-state index >= 15 is 0 Å². The molecule has 22 heavy (non-hydrogen) atoms. The molecule has 0 aromatic carbocycles. The van der Waals surface area contributed by atoms with Crippen molar-refractivity contribution in [2.24, 2.45) is 0 Å². The molecular weight excluding hydrogens is 282 g/mol. The van der Waals surface area contributed by atoms with Gasteiger partial charge < -0.3 is 20.3 Å². The molecule has 2 aliphatic heterocycles. The molecule has 0 saturated carbocycles. The maximum Gasteiger partial charge on any atom is 0.242 e. The molecule has 1 aromatic heterocycles. The number of morpholine rings is 1. The molecule has 0 aliphatic carbocycles. The number of rotatable bonds is 3. The Morgan fingerprint density at radius 1 is 1.45 bits per heavy atom. The van der Waals surface area contributed by atoms with E-state index in [0.717, 1.165) is 38.3 Å². The van der Waals surface area contributed by atoms with Crippen molar-refractivity contribution in [3.8, 4) is 0 Å². The molecule has 1 aromatic rings. The molecule has 2 atom stereocenters. The van der Waals surface area contributed by atoms with Gasteiger partial charge >= 0.3 is 0 Å². The molecule has 1 amide bonds. The van der Waals surface area contributed by atoms with Crippen LogP contribution in [0.4, 0.5) is 5.82 Å². The van der Waals surface area contributed by atoms with Crippen molar-refractivity contribution in [1.29, 1.82) is 0 Å². The number of aromatic nitrogens is 2. The van der Waals surface area contributed by atoms with Gasteiger partial charge in [-0.1, -0.05) is 0 Å². The zero-order chi connectivity index (χ0) is 15.4. The largest absolute Gasteiger partial charge is 0.375 e. The first-order chi connectivity index (χ1) is 10.7. The zero-order valence-electron chi connectivity index (χ0n) is 12.9. The molecule has 0 unspecified atom stereocenters. The second-order valence-corrected chi connectivity index (χ2v) is 5.86.